The molecule has 7 nitrogen and oxygen atoms in total. The average molecular weight is 237 g/mol. The first-order chi connectivity index (χ1) is 7.82. The second-order valence-corrected chi connectivity index (χ2v) is 3.62. The van der Waals surface area contributed by atoms with Gasteiger partial charge < -0.3 is 10.3 Å². The van der Waals surface area contributed by atoms with Crippen LogP contribution in [0, 0.1) is 10.1 Å². The number of aromatic nitrogens is 1. The Morgan fingerprint density at radius 3 is 2.65 bits per heavy atom. The van der Waals surface area contributed by atoms with Gasteiger partial charge in [-0.15, -0.1) is 0 Å². The normalized spacial score (nSPS) is 9.94. The molecular formula is C10H11N3O4. The lowest BCUT2D eigenvalue weighted by molar-refractivity contribution is -0.385. The first-order valence-electron chi connectivity index (χ1n) is 4.66. The Hall–Kier alpha value is -2.44. The lowest BCUT2D eigenvalue weighted by Gasteiger charge is -2.06. The van der Waals surface area contributed by atoms with Crippen LogP contribution < -0.4 is 11.3 Å². The molecule has 0 aliphatic carbocycles. The van der Waals surface area contributed by atoms with Gasteiger partial charge in [-0.05, 0) is 6.92 Å². The molecule has 17 heavy (non-hydrogen) atoms. The maximum Gasteiger partial charge on any atom is 0.286 e. The molecule has 1 aromatic rings. The van der Waals surface area contributed by atoms with Gasteiger partial charge in [0.2, 0.25) is 0 Å². The summed E-state index contributed by atoms with van der Waals surface area (Å²) in [5.74, 6) is -0.992. The lowest BCUT2D eigenvalue weighted by atomic mass is 10.2. The molecule has 0 bridgehead atoms. The third-order valence-corrected chi connectivity index (χ3v) is 1.99. The molecule has 0 aromatic carbocycles. The van der Waals surface area contributed by atoms with Crippen molar-refractivity contribution in [1.82, 2.24) is 4.57 Å². The SMILES string of the molecule is C=C(C)Cn1cc([N+](=O)[O-])cc(C(N)=O)c1=O. The summed E-state index contributed by atoms with van der Waals surface area (Å²) in [6.45, 7) is 5.35. The summed E-state index contributed by atoms with van der Waals surface area (Å²) in [6, 6.07) is 0.875. The van der Waals surface area contributed by atoms with Gasteiger partial charge in [-0.3, -0.25) is 19.7 Å². The summed E-state index contributed by atoms with van der Waals surface area (Å²) in [4.78, 5) is 32.7. The number of pyridine rings is 1. The zero-order valence-electron chi connectivity index (χ0n) is 9.17. The van der Waals surface area contributed by atoms with Crippen LogP contribution in [-0.2, 0) is 6.54 Å². The molecule has 0 aliphatic rings. The van der Waals surface area contributed by atoms with E-state index in [4.69, 9.17) is 5.73 Å². The van der Waals surface area contributed by atoms with E-state index in [1.54, 1.807) is 6.92 Å². The Balaban J connectivity index is 3.48. The minimum atomic E-state index is -0.992. The molecule has 0 unspecified atom stereocenters. The van der Waals surface area contributed by atoms with E-state index in [-0.39, 0.29) is 12.2 Å². The van der Waals surface area contributed by atoms with Gasteiger partial charge in [0.15, 0.2) is 0 Å². The molecule has 0 spiro atoms. The Morgan fingerprint density at radius 2 is 2.24 bits per heavy atom. The van der Waals surface area contributed by atoms with E-state index in [1.807, 2.05) is 0 Å². The summed E-state index contributed by atoms with van der Waals surface area (Å²) >= 11 is 0. The summed E-state index contributed by atoms with van der Waals surface area (Å²) in [5, 5.41) is 10.6. The standard InChI is InChI=1S/C10H11N3O4/c1-6(2)4-12-5-7(13(16)17)3-8(9(11)14)10(12)15/h3,5H,1,4H2,2H3,(H2,11,14). The zero-order chi connectivity index (χ0) is 13.2. The predicted octanol–water partition coefficient (Wildman–Crippen LogP) is 0.432. The number of primary amides is 1. The van der Waals surface area contributed by atoms with Crippen LogP contribution in [0.4, 0.5) is 5.69 Å². The predicted molar refractivity (Wildman–Crippen MR) is 60.7 cm³/mol. The molecule has 0 aliphatic heterocycles. The maximum atomic E-state index is 11.7. The van der Waals surface area contributed by atoms with Crippen molar-refractivity contribution in [3.63, 3.8) is 0 Å². The second kappa shape index (κ2) is 4.60. The van der Waals surface area contributed by atoms with Crippen molar-refractivity contribution in [1.29, 1.82) is 0 Å². The number of amides is 1. The number of rotatable bonds is 4. The van der Waals surface area contributed by atoms with E-state index in [9.17, 15) is 19.7 Å². The monoisotopic (exact) mass is 237 g/mol. The van der Waals surface area contributed by atoms with Crippen molar-refractivity contribution in [3.05, 3.63) is 50.4 Å². The number of nitrogens with two attached hydrogens (primary N) is 1. The molecule has 0 atom stereocenters. The summed E-state index contributed by atoms with van der Waals surface area (Å²) in [7, 11) is 0. The minimum Gasteiger partial charge on any atom is -0.365 e. The van der Waals surface area contributed by atoms with Gasteiger partial charge in [0, 0.05) is 12.6 Å². The third-order valence-electron chi connectivity index (χ3n) is 1.99. The largest absolute Gasteiger partial charge is 0.365 e. The highest BCUT2D eigenvalue weighted by atomic mass is 16.6. The van der Waals surface area contributed by atoms with E-state index in [2.05, 4.69) is 6.58 Å². The van der Waals surface area contributed by atoms with Crippen LogP contribution in [0.15, 0.2) is 29.2 Å². The Bertz CT molecular complexity index is 559. The molecule has 1 aromatic heterocycles. The van der Waals surface area contributed by atoms with Crippen molar-refractivity contribution < 1.29 is 9.72 Å². The molecule has 1 heterocycles. The van der Waals surface area contributed by atoms with Gasteiger partial charge in [-0.25, -0.2) is 0 Å². The molecule has 90 valence electrons. The molecule has 0 saturated heterocycles. The smallest absolute Gasteiger partial charge is 0.286 e. The molecule has 0 radical (unpaired) electrons. The van der Waals surface area contributed by atoms with Crippen LogP contribution in [0.1, 0.15) is 17.3 Å². The molecule has 2 N–H and O–H groups in total. The number of hydrogen-bond donors (Lipinski definition) is 1. The fourth-order valence-electron chi connectivity index (χ4n) is 1.30. The summed E-state index contributed by atoms with van der Waals surface area (Å²) in [6.07, 6.45) is 1.06. The fourth-order valence-corrected chi connectivity index (χ4v) is 1.30. The molecule has 1 rings (SSSR count). The Kier molecular flexibility index (Phi) is 3.42. The number of nitro groups is 1. The van der Waals surface area contributed by atoms with E-state index >= 15 is 0 Å². The Labute approximate surface area is 96.3 Å². The summed E-state index contributed by atoms with van der Waals surface area (Å²) < 4.78 is 1.04. The molecule has 0 fully saturated rings. The van der Waals surface area contributed by atoms with Crippen LogP contribution in [0.3, 0.4) is 0 Å². The second-order valence-electron chi connectivity index (χ2n) is 3.62. The van der Waals surface area contributed by atoms with E-state index in [0.717, 1.165) is 16.8 Å². The first kappa shape index (κ1) is 12.6. The van der Waals surface area contributed by atoms with E-state index < -0.39 is 22.0 Å². The highest BCUT2D eigenvalue weighted by molar-refractivity contribution is 5.92. The maximum absolute atomic E-state index is 11.7. The topological polar surface area (TPSA) is 108 Å². The van der Waals surface area contributed by atoms with Crippen LogP contribution in [-0.4, -0.2) is 15.4 Å². The fraction of sp³-hybridized carbons (Fsp3) is 0.200. The third kappa shape index (κ3) is 2.77. The molecule has 0 saturated carbocycles. The number of nitrogens with zero attached hydrogens (tertiary/aromatic N) is 2. The highest BCUT2D eigenvalue weighted by Gasteiger charge is 2.16. The summed E-state index contributed by atoms with van der Waals surface area (Å²) in [5.41, 5.74) is 4.19. The molecule has 1 amide bonds. The van der Waals surface area contributed by atoms with Crippen LogP contribution >= 0.6 is 0 Å². The first-order valence-corrected chi connectivity index (χ1v) is 4.66. The number of allylic oxidation sites excluding steroid dienone is 1. The number of hydrogen-bond acceptors (Lipinski definition) is 4. The van der Waals surface area contributed by atoms with Crippen molar-refractivity contribution in [2.24, 2.45) is 5.73 Å². The molecular weight excluding hydrogens is 226 g/mol. The minimum absolute atomic E-state index is 0.0980. The van der Waals surface area contributed by atoms with E-state index in [1.165, 1.54) is 0 Å². The van der Waals surface area contributed by atoms with Crippen LogP contribution in [0.25, 0.3) is 0 Å². The average Bonchev–Trinajstić information content (AvgIpc) is 2.19. The van der Waals surface area contributed by atoms with Crippen molar-refractivity contribution in [3.8, 4) is 0 Å². The Morgan fingerprint density at radius 1 is 1.65 bits per heavy atom. The van der Waals surface area contributed by atoms with Crippen LogP contribution in [0.2, 0.25) is 0 Å². The van der Waals surface area contributed by atoms with Gasteiger partial charge in [0.05, 0.1) is 11.1 Å². The van der Waals surface area contributed by atoms with Crippen molar-refractivity contribution in [2.75, 3.05) is 0 Å². The zero-order valence-corrected chi connectivity index (χ0v) is 9.17. The van der Waals surface area contributed by atoms with Gasteiger partial charge in [-0.2, -0.15) is 0 Å². The van der Waals surface area contributed by atoms with Gasteiger partial charge in [0.25, 0.3) is 17.2 Å². The van der Waals surface area contributed by atoms with Gasteiger partial charge >= 0.3 is 0 Å². The van der Waals surface area contributed by atoms with Crippen LogP contribution in [0.5, 0.6) is 0 Å². The quantitative estimate of drug-likeness (QED) is 0.465. The highest BCUT2D eigenvalue weighted by Crippen LogP contribution is 2.10. The van der Waals surface area contributed by atoms with E-state index in [0.29, 0.717) is 5.57 Å². The van der Waals surface area contributed by atoms with Gasteiger partial charge in [-0.1, -0.05) is 12.2 Å². The number of carbonyl (C=O) groups is 1. The van der Waals surface area contributed by atoms with Crippen molar-refractivity contribution >= 4 is 11.6 Å². The lowest BCUT2D eigenvalue weighted by Crippen LogP contribution is -2.29. The van der Waals surface area contributed by atoms with Gasteiger partial charge in [0.1, 0.15) is 5.56 Å². The molecule has 7 heteroatoms. The number of carbonyl (C=O) groups excluding carboxylic acids is 1. The van der Waals surface area contributed by atoms with Crippen molar-refractivity contribution in [2.45, 2.75) is 13.5 Å².